The lowest BCUT2D eigenvalue weighted by atomic mass is 10.0. The fourth-order valence-electron chi connectivity index (χ4n) is 1.61. The van der Waals surface area contributed by atoms with Gasteiger partial charge in [0.2, 0.25) is 5.91 Å². The minimum Gasteiger partial charge on any atom is -0.481 e. The molecule has 0 aliphatic heterocycles. The Morgan fingerprint density at radius 3 is 2.58 bits per heavy atom. The fourth-order valence-corrected chi connectivity index (χ4v) is 2.36. The Hall–Kier alpha value is -1.49. The topological polar surface area (TPSA) is 66.4 Å². The van der Waals surface area contributed by atoms with Crippen LogP contribution in [0.15, 0.2) is 35.2 Å². The lowest BCUT2D eigenvalue weighted by Gasteiger charge is -2.12. The monoisotopic (exact) mass is 281 g/mol. The van der Waals surface area contributed by atoms with Crippen molar-refractivity contribution in [2.75, 3.05) is 12.3 Å². The van der Waals surface area contributed by atoms with Crippen molar-refractivity contribution in [1.29, 1.82) is 0 Å². The summed E-state index contributed by atoms with van der Waals surface area (Å²) in [5.41, 5.74) is 0. The van der Waals surface area contributed by atoms with Crippen LogP contribution in [-0.2, 0) is 9.59 Å². The molecule has 2 N–H and O–H groups in total. The van der Waals surface area contributed by atoms with Crippen molar-refractivity contribution < 1.29 is 14.7 Å². The summed E-state index contributed by atoms with van der Waals surface area (Å²) in [7, 11) is 0. The molecule has 0 fully saturated rings. The van der Waals surface area contributed by atoms with E-state index in [0.717, 1.165) is 11.3 Å². The van der Waals surface area contributed by atoms with Crippen molar-refractivity contribution in [3.63, 3.8) is 0 Å². The fraction of sp³-hybridized carbons (Fsp3) is 0.429. The molecule has 0 aromatic heterocycles. The molecule has 0 saturated heterocycles. The summed E-state index contributed by atoms with van der Waals surface area (Å²) in [5.74, 6) is -1.16. The first-order valence-corrected chi connectivity index (χ1v) is 7.29. The highest BCUT2D eigenvalue weighted by Gasteiger charge is 2.17. The van der Waals surface area contributed by atoms with E-state index in [4.69, 9.17) is 5.11 Å². The number of aliphatic carboxylic acids is 1. The summed E-state index contributed by atoms with van der Waals surface area (Å²) < 4.78 is 0. The lowest BCUT2D eigenvalue weighted by molar-refractivity contribution is -0.141. The van der Waals surface area contributed by atoms with E-state index in [-0.39, 0.29) is 12.5 Å². The van der Waals surface area contributed by atoms with Crippen LogP contribution >= 0.6 is 11.8 Å². The number of nitrogens with one attached hydrogen (secondary N) is 1. The van der Waals surface area contributed by atoms with Gasteiger partial charge in [-0.25, -0.2) is 0 Å². The van der Waals surface area contributed by atoms with Crippen molar-refractivity contribution >= 4 is 23.6 Å². The second-order valence-corrected chi connectivity index (χ2v) is 5.28. The number of carbonyl (C=O) groups excluding carboxylic acids is 1. The Balaban J connectivity index is 2.29. The molecular formula is C14H19NO3S. The third kappa shape index (κ3) is 6.29. The lowest BCUT2D eigenvalue weighted by Crippen LogP contribution is -2.33. The van der Waals surface area contributed by atoms with Gasteiger partial charge in [0.1, 0.15) is 0 Å². The SMILES string of the molecule is CCCC(CNC(=O)CSc1ccccc1)C(=O)O. The third-order valence-electron chi connectivity index (χ3n) is 2.65. The number of carbonyl (C=O) groups is 2. The highest BCUT2D eigenvalue weighted by atomic mass is 32.2. The summed E-state index contributed by atoms with van der Waals surface area (Å²) in [6.45, 7) is 2.14. The molecule has 1 unspecified atom stereocenters. The quantitative estimate of drug-likeness (QED) is 0.718. The molecule has 0 spiro atoms. The van der Waals surface area contributed by atoms with E-state index in [0.29, 0.717) is 12.2 Å². The Labute approximate surface area is 117 Å². The van der Waals surface area contributed by atoms with Crippen molar-refractivity contribution in [3.05, 3.63) is 30.3 Å². The minimum absolute atomic E-state index is 0.129. The normalized spacial score (nSPS) is 11.8. The molecule has 0 aliphatic rings. The van der Waals surface area contributed by atoms with Gasteiger partial charge in [-0.15, -0.1) is 11.8 Å². The van der Waals surface area contributed by atoms with Gasteiger partial charge in [0.15, 0.2) is 0 Å². The average Bonchev–Trinajstić information content (AvgIpc) is 2.42. The van der Waals surface area contributed by atoms with Gasteiger partial charge < -0.3 is 10.4 Å². The number of rotatable bonds is 8. The first-order chi connectivity index (χ1) is 9.13. The molecule has 1 aromatic carbocycles. The first-order valence-electron chi connectivity index (χ1n) is 6.30. The molecule has 0 bridgehead atoms. The van der Waals surface area contributed by atoms with E-state index in [9.17, 15) is 9.59 Å². The number of thioether (sulfide) groups is 1. The van der Waals surface area contributed by atoms with Crippen LogP contribution in [0.3, 0.4) is 0 Å². The van der Waals surface area contributed by atoms with Gasteiger partial charge in [0.05, 0.1) is 11.7 Å². The van der Waals surface area contributed by atoms with Gasteiger partial charge in [-0.3, -0.25) is 9.59 Å². The Morgan fingerprint density at radius 2 is 2.00 bits per heavy atom. The van der Waals surface area contributed by atoms with Gasteiger partial charge in [-0.05, 0) is 18.6 Å². The Kier molecular flexibility index (Phi) is 7.03. The van der Waals surface area contributed by atoms with Crippen molar-refractivity contribution in [3.8, 4) is 0 Å². The molecule has 1 aromatic rings. The van der Waals surface area contributed by atoms with Gasteiger partial charge >= 0.3 is 5.97 Å². The van der Waals surface area contributed by atoms with Crippen LogP contribution in [0.2, 0.25) is 0 Å². The number of hydrogen-bond donors (Lipinski definition) is 2. The second-order valence-electron chi connectivity index (χ2n) is 4.23. The highest BCUT2D eigenvalue weighted by molar-refractivity contribution is 8.00. The number of benzene rings is 1. The minimum atomic E-state index is -0.849. The molecule has 0 heterocycles. The van der Waals surface area contributed by atoms with Gasteiger partial charge in [0.25, 0.3) is 0 Å². The Bertz CT molecular complexity index is 408. The highest BCUT2D eigenvalue weighted by Crippen LogP contribution is 2.16. The van der Waals surface area contributed by atoms with Crippen molar-refractivity contribution in [2.45, 2.75) is 24.7 Å². The largest absolute Gasteiger partial charge is 0.481 e. The number of hydrogen-bond acceptors (Lipinski definition) is 3. The first kappa shape index (κ1) is 15.6. The van der Waals surface area contributed by atoms with E-state index in [2.05, 4.69) is 5.32 Å². The van der Waals surface area contributed by atoms with Crippen LogP contribution in [0.25, 0.3) is 0 Å². The number of carboxylic acids is 1. The smallest absolute Gasteiger partial charge is 0.308 e. The summed E-state index contributed by atoms with van der Waals surface area (Å²) >= 11 is 1.44. The molecule has 19 heavy (non-hydrogen) atoms. The summed E-state index contributed by atoms with van der Waals surface area (Å²) in [4.78, 5) is 23.6. The molecule has 1 atom stereocenters. The zero-order valence-electron chi connectivity index (χ0n) is 11.0. The molecule has 5 heteroatoms. The summed E-state index contributed by atoms with van der Waals surface area (Å²) in [6, 6.07) is 9.64. The van der Waals surface area contributed by atoms with Crippen LogP contribution in [0.5, 0.6) is 0 Å². The average molecular weight is 281 g/mol. The molecule has 1 rings (SSSR count). The van der Waals surface area contributed by atoms with Crippen LogP contribution in [0.1, 0.15) is 19.8 Å². The Morgan fingerprint density at radius 1 is 1.32 bits per heavy atom. The molecule has 0 saturated carbocycles. The molecule has 1 amide bonds. The maximum absolute atomic E-state index is 11.6. The van der Waals surface area contributed by atoms with E-state index in [1.807, 2.05) is 37.3 Å². The van der Waals surface area contributed by atoms with Crippen molar-refractivity contribution in [2.24, 2.45) is 5.92 Å². The summed E-state index contributed by atoms with van der Waals surface area (Å²) in [5, 5.41) is 11.6. The number of carboxylic acid groups (broad SMARTS) is 1. The molecule has 104 valence electrons. The van der Waals surface area contributed by atoms with Gasteiger partial charge in [-0.2, -0.15) is 0 Å². The number of amides is 1. The maximum Gasteiger partial charge on any atom is 0.308 e. The van der Waals surface area contributed by atoms with Crippen LogP contribution < -0.4 is 5.32 Å². The zero-order valence-corrected chi connectivity index (χ0v) is 11.8. The van der Waals surface area contributed by atoms with E-state index < -0.39 is 11.9 Å². The van der Waals surface area contributed by atoms with Crippen LogP contribution in [0.4, 0.5) is 0 Å². The van der Waals surface area contributed by atoms with E-state index >= 15 is 0 Å². The molecule has 0 aliphatic carbocycles. The molecule has 0 radical (unpaired) electrons. The van der Waals surface area contributed by atoms with E-state index in [1.54, 1.807) is 0 Å². The molecule has 4 nitrogen and oxygen atoms in total. The van der Waals surface area contributed by atoms with Crippen LogP contribution in [0, 0.1) is 5.92 Å². The van der Waals surface area contributed by atoms with Crippen LogP contribution in [-0.4, -0.2) is 29.3 Å². The predicted molar refractivity (Wildman–Crippen MR) is 76.2 cm³/mol. The third-order valence-corrected chi connectivity index (χ3v) is 3.66. The van der Waals surface area contributed by atoms with Gasteiger partial charge in [-0.1, -0.05) is 31.5 Å². The summed E-state index contributed by atoms with van der Waals surface area (Å²) in [6.07, 6.45) is 1.38. The van der Waals surface area contributed by atoms with E-state index in [1.165, 1.54) is 11.8 Å². The second kappa shape index (κ2) is 8.58. The zero-order chi connectivity index (χ0) is 14.1. The van der Waals surface area contributed by atoms with Gasteiger partial charge in [0, 0.05) is 11.4 Å². The standard InChI is InChI=1S/C14H19NO3S/c1-2-6-11(14(17)18)9-15-13(16)10-19-12-7-4-3-5-8-12/h3-5,7-8,11H,2,6,9-10H2,1H3,(H,15,16)(H,17,18). The molecular weight excluding hydrogens is 262 g/mol. The predicted octanol–water partition coefficient (Wildman–Crippen LogP) is 2.40. The van der Waals surface area contributed by atoms with Crippen molar-refractivity contribution in [1.82, 2.24) is 5.32 Å². The maximum atomic E-state index is 11.6.